The van der Waals surface area contributed by atoms with Gasteiger partial charge in [0.05, 0.1) is 11.9 Å². The van der Waals surface area contributed by atoms with Crippen LogP contribution >= 0.6 is 0 Å². The van der Waals surface area contributed by atoms with Crippen molar-refractivity contribution in [2.24, 2.45) is 13.0 Å². The molecule has 2 atom stereocenters. The maximum Gasteiger partial charge on any atom is 0.226 e. The third kappa shape index (κ3) is 3.36. The first kappa shape index (κ1) is 16.1. The number of anilines is 1. The number of carbonyl (C=O) groups excluding carboxylic acids is 1. The largest absolute Gasteiger partial charge is 0.353 e. The highest BCUT2D eigenvalue weighted by Gasteiger charge is 2.46. The van der Waals surface area contributed by atoms with Gasteiger partial charge in [0, 0.05) is 45.3 Å². The highest BCUT2D eigenvalue weighted by atomic mass is 16.2. The van der Waals surface area contributed by atoms with E-state index < -0.39 is 0 Å². The molecule has 1 aliphatic heterocycles. The van der Waals surface area contributed by atoms with E-state index >= 15 is 0 Å². The van der Waals surface area contributed by atoms with Gasteiger partial charge in [-0.15, -0.1) is 5.10 Å². The normalized spacial score (nSPS) is 23.4. The zero-order valence-electron chi connectivity index (χ0n) is 14.8. The second kappa shape index (κ2) is 6.46. The predicted octanol–water partition coefficient (Wildman–Crippen LogP) is 1.36. The molecule has 0 aromatic carbocycles. The first-order valence-electron chi connectivity index (χ1n) is 8.94. The van der Waals surface area contributed by atoms with Crippen molar-refractivity contribution in [2.75, 3.05) is 31.1 Å². The van der Waals surface area contributed by atoms with Crippen molar-refractivity contribution >= 4 is 11.7 Å². The Morgan fingerprint density at radius 1 is 1.16 bits per heavy atom. The van der Waals surface area contributed by atoms with E-state index in [0.717, 1.165) is 50.5 Å². The Morgan fingerprint density at radius 3 is 2.76 bits per heavy atom. The lowest BCUT2D eigenvalue weighted by atomic mass is 10.2. The van der Waals surface area contributed by atoms with Gasteiger partial charge in [0.25, 0.3) is 0 Å². The van der Waals surface area contributed by atoms with Gasteiger partial charge >= 0.3 is 0 Å². The fraction of sp³-hybridized carbons (Fsp3) is 0.556. The monoisotopic (exact) mass is 340 g/mol. The fourth-order valence-electron chi connectivity index (χ4n) is 3.63. The number of carbonyl (C=O) groups is 1. The number of hydrogen-bond donors (Lipinski definition) is 0. The van der Waals surface area contributed by atoms with Crippen LogP contribution in [0.4, 0.5) is 5.82 Å². The summed E-state index contributed by atoms with van der Waals surface area (Å²) < 4.78 is 1.81. The second-order valence-electron chi connectivity index (χ2n) is 7.09. The number of hydrogen-bond acceptors (Lipinski definition) is 5. The van der Waals surface area contributed by atoms with Crippen LogP contribution in [0.15, 0.2) is 24.5 Å². The van der Waals surface area contributed by atoms with Crippen molar-refractivity contribution in [3.05, 3.63) is 35.8 Å². The molecule has 1 saturated heterocycles. The van der Waals surface area contributed by atoms with Gasteiger partial charge in [0.2, 0.25) is 5.91 Å². The summed E-state index contributed by atoms with van der Waals surface area (Å²) in [5.41, 5.74) is 2.11. The van der Waals surface area contributed by atoms with Crippen molar-refractivity contribution in [1.29, 1.82) is 0 Å². The quantitative estimate of drug-likeness (QED) is 0.844. The molecule has 2 aliphatic rings. The maximum atomic E-state index is 12.8. The van der Waals surface area contributed by atoms with E-state index in [1.54, 1.807) is 0 Å². The Labute approximate surface area is 147 Å². The molecule has 25 heavy (non-hydrogen) atoms. The van der Waals surface area contributed by atoms with Crippen LogP contribution in [0.25, 0.3) is 0 Å². The first-order valence-corrected chi connectivity index (χ1v) is 8.94. The summed E-state index contributed by atoms with van der Waals surface area (Å²) in [5, 5.41) is 12.6. The van der Waals surface area contributed by atoms with Crippen LogP contribution in [0.5, 0.6) is 0 Å². The van der Waals surface area contributed by atoms with Crippen molar-refractivity contribution < 1.29 is 4.79 Å². The van der Waals surface area contributed by atoms with Crippen molar-refractivity contribution in [3.63, 3.8) is 0 Å². The van der Waals surface area contributed by atoms with Crippen LogP contribution in [0.1, 0.15) is 30.0 Å². The minimum Gasteiger partial charge on any atom is -0.353 e. The third-order valence-corrected chi connectivity index (χ3v) is 5.18. The van der Waals surface area contributed by atoms with Crippen LogP contribution < -0.4 is 4.90 Å². The Balaban J connectivity index is 1.36. The molecule has 4 rings (SSSR count). The van der Waals surface area contributed by atoms with Gasteiger partial charge in [-0.25, -0.2) is 0 Å². The van der Waals surface area contributed by atoms with E-state index in [2.05, 4.69) is 20.2 Å². The highest BCUT2D eigenvalue weighted by Crippen LogP contribution is 2.48. The van der Waals surface area contributed by atoms with Gasteiger partial charge in [-0.2, -0.15) is 10.2 Å². The third-order valence-electron chi connectivity index (χ3n) is 5.18. The van der Waals surface area contributed by atoms with Gasteiger partial charge in [-0.1, -0.05) is 0 Å². The van der Waals surface area contributed by atoms with E-state index in [0.29, 0.717) is 11.8 Å². The summed E-state index contributed by atoms with van der Waals surface area (Å²) >= 11 is 0. The Bertz CT molecular complexity index is 755. The number of amides is 1. The molecule has 0 N–H and O–H groups in total. The van der Waals surface area contributed by atoms with Crippen LogP contribution in [-0.2, 0) is 11.8 Å². The Morgan fingerprint density at radius 2 is 2.04 bits per heavy atom. The molecule has 1 saturated carbocycles. The molecule has 3 heterocycles. The SMILES string of the molecule is Cc1ccc(N2CCCN(C(=O)C3CC3c3cnn(C)c3)CC2)nn1. The summed E-state index contributed by atoms with van der Waals surface area (Å²) in [7, 11) is 1.92. The van der Waals surface area contributed by atoms with Gasteiger partial charge in [0.15, 0.2) is 5.82 Å². The van der Waals surface area contributed by atoms with Gasteiger partial charge in [-0.05, 0) is 43.4 Å². The molecule has 2 aromatic rings. The van der Waals surface area contributed by atoms with E-state index in [1.165, 1.54) is 5.56 Å². The number of nitrogens with zero attached hydrogens (tertiary/aromatic N) is 6. The Hall–Kier alpha value is -2.44. The van der Waals surface area contributed by atoms with Crippen LogP contribution in [0.3, 0.4) is 0 Å². The molecule has 7 heteroatoms. The molecule has 1 aliphatic carbocycles. The molecule has 132 valence electrons. The first-order chi connectivity index (χ1) is 12.1. The second-order valence-corrected chi connectivity index (χ2v) is 7.09. The number of aryl methyl sites for hydroxylation is 2. The standard InChI is InChI=1S/C18H24N6O/c1-13-4-5-17(21-20-13)23-6-3-7-24(9-8-23)18(25)16-10-15(16)14-11-19-22(2)12-14/h4-5,11-12,15-16H,3,6-10H2,1-2H3. The summed E-state index contributed by atoms with van der Waals surface area (Å²) in [6.07, 6.45) is 5.83. The molecule has 7 nitrogen and oxygen atoms in total. The molecule has 2 aromatic heterocycles. The average Bonchev–Trinajstić information content (AvgIpc) is 3.35. The fourth-order valence-corrected chi connectivity index (χ4v) is 3.63. The minimum absolute atomic E-state index is 0.134. The average molecular weight is 340 g/mol. The van der Waals surface area contributed by atoms with Crippen LogP contribution in [0, 0.1) is 12.8 Å². The van der Waals surface area contributed by atoms with Crippen LogP contribution in [0.2, 0.25) is 0 Å². The summed E-state index contributed by atoms with van der Waals surface area (Å²) in [4.78, 5) is 17.1. The topological polar surface area (TPSA) is 67.2 Å². The number of aromatic nitrogens is 4. The summed E-state index contributed by atoms with van der Waals surface area (Å²) in [6, 6.07) is 4.00. The maximum absolute atomic E-state index is 12.8. The lowest BCUT2D eigenvalue weighted by molar-refractivity contribution is -0.132. The van der Waals surface area contributed by atoms with Crippen molar-refractivity contribution in [3.8, 4) is 0 Å². The Kier molecular flexibility index (Phi) is 4.15. The highest BCUT2D eigenvalue weighted by molar-refractivity contribution is 5.83. The number of rotatable bonds is 3. The molecular formula is C18H24N6O. The minimum atomic E-state index is 0.134. The van der Waals surface area contributed by atoms with Gasteiger partial charge in [0.1, 0.15) is 0 Å². The smallest absolute Gasteiger partial charge is 0.226 e. The molecule has 1 amide bonds. The summed E-state index contributed by atoms with van der Waals surface area (Å²) in [5.74, 6) is 1.68. The van der Waals surface area contributed by atoms with Gasteiger partial charge in [-0.3, -0.25) is 9.48 Å². The zero-order valence-corrected chi connectivity index (χ0v) is 14.8. The van der Waals surface area contributed by atoms with E-state index in [-0.39, 0.29) is 5.92 Å². The molecule has 0 bridgehead atoms. The van der Waals surface area contributed by atoms with Gasteiger partial charge < -0.3 is 9.80 Å². The summed E-state index contributed by atoms with van der Waals surface area (Å²) in [6.45, 7) is 5.25. The van der Waals surface area contributed by atoms with E-state index in [1.807, 2.05) is 48.1 Å². The van der Waals surface area contributed by atoms with Crippen molar-refractivity contribution in [1.82, 2.24) is 24.9 Å². The lowest BCUT2D eigenvalue weighted by Crippen LogP contribution is -2.36. The molecular weight excluding hydrogens is 316 g/mol. The van der Waals surface area contributed by atoms with Crippen molar-refractivity contribution in [2.45, 2.75) is 25.7 Å². The lowest BCUT2D eigenvalue weighted by Gasteiger charge is -2.22. The molecule has 2 unspecified atom stereocenters. The zero-order chi connectivity index (χ0) is 17.4. The predicted molar refractivity (Wildman–Crippen MR) is 94.2 cm³/mol. The van der Waals surface area contributed by atoms with E-state index in [9.17, 15) is 4.79 Å². The molecule has 0 radical (unpaired) electrons. The molecule has 0 spiro atoms. The van der Waals surface area contributed by atoms with E-state index in [4.69, 9.17) is 0 Å². The van der Waals surface area contributed by atoms with Crippen LogP contribution in [-0.4, -0.2) is 57.0 Å². The molecule has 2 fully saturated rings.